The summed E-state index contributed by atoms with van der Waals surface area (Å²) in [6.45, 7) is 13.5. The number of carbonyl (C=O) groups is 1. The van der Waals surface area contributed by atoms with E-state index in [1.807, 2.05) is 39.0 Å². The number of aryl methyl sites for hydroxylation is 1. The predicted molar refractivity (Wildman–Crippen MR) is 183 cm³/mol. The molecule has 3 rings (SSSR count). The minimum atomic E-state index is -4.55. The fourth-order valence-corrected chi connectivity index (χ4v) is 5.97. The van der Waals surface area contributed by atoms with Crippen LogP contribution < -0.4 is 20.8 Å². The topological polar surface area (TPSA) is 101 Å². The van der Waals surface area contributed by atoms with Crippen LogP contribution in [0.15, 0.2) is 51.7 Å². The summed E-state index contributed by atoms with van der Waals surface area (Å²) in [6, 6.07) is 12.2. The third-order valence-electron chi connectivity index (χ3n) is 8.86. The van der Waals surface area contributed by atoms with Crippen molar-refractivity contribution in [2.45, 2.75) is 106 Å². The van der Waals surface area contributed by atoms with Crippen LogP contribution in [-0.4, -0.2) is 38.0 Å². The normalized spacial score (nSPS) is 15.1. The molecular formula is C38H52F3NO6. The molecule has 0 bridgehead atoms. The van der Waals surface area contributed by atoms with Crippen LogP contribution in [0.2, 0.25) is 0 Å². The summed E-state index contributed by atoms with van der Waals surface area (Å²) in [5.41, 5.74) is 4.00. The highest BCUT2D eigenvalue weighted by Gasteiger charge is 2.49. The number of fused-ring (bicyclic) bond motifs is 1. The highest BCUT2D eigenvalue weighted by molar-refractivity contribution is 5.84. The summed E-state index contributed by atoms with van der Waals surface area (Å²) < 4.78 is 63.9. The Morgan fingerprint density at radius 3 is 2.15 bits per heavy atom. The molecule has 266 valence electrons. The highest BCUT2D eigenvalue weighted by Crippen LogP contribution is 2.43. The average molecular weight is 676 g/mol. The number of methoxy groups -OCH3 is 1. The molecule has 0 aliphatic carbocycles. The number of halogens is 3. The molecular weight excluding hydrogens is 623 g/mol. The molecule has 2 N–H and O–H groups in total. The molecule has 0 saturated heterocycles. The summed E-state index contributed by atoms with van der Waals surface area (Å²) >= 11 is 0. The van der Waals surface area contributed by atoms with Gasteiger partial charge in [0.25, 0.3) is 0 Å². The summed E-state index contributed by atoms with van der Waals surface area (Å²) in [5, 5.41) is 0.598. The van der Waals surface area contributed by atoms with Crippen LogP contribution in [0.25, 0.3) is 22.1 Å². The third-order valence-corrected chi connectivity index (χ3v) is 8.86. The maximum absolute atomic E-state index is 13.7. The van der Waals surface area contributed by atoms with Gasteiger partial charge in [0.15, 0.2) is 0 Å². The van der Waals surface area contributed by atoms with Crippen LogP contribution in [0.4, 0.5) is 13.2 Å². The summed E-state index contributed by atoms with van der Waals surface area (Å²) in [7, 11) is 1.55. The van der Waals surface area contributed by atoms with Crippen LogP contribution in [0.1, 0.15) is 93.1 Å². The number of unbranched alkanes of at least 4 members (excludes halogenated alkanes) is 2. The van der Waals surface area contributed by atoms with Gasteiger partial charge in [-0.1, -0.05) is 59.6 Å². The first-order valence-corrected chi connectivity index (χ1v) is 16.5. The molecule has 0 amide bonds. The van der Waals surface area contributed by atoms with E-state index in [2.05, 4.69) is 6.92 Å². The van der Waals surface area contributed by atoms with Gasteiger partial charge in [0, 0.05) is 28.0 Å². The fourth-order valence-electron chi connectivity index (χ4n) is 5.97. The Labute approximate surface area is 282 Å². The van der Waals surface area contributed by atoms with Crippen LogP contribution in [0.5, 0.6) is 11.5 Å². The zero-order valence-corrected chi connectivity index (χ0v) is 29.9. The lowest BCUT2D eigenvalue weighted by atomic mass is 9.65. The molecule has 3 aromatic rings. The number of ether oxygens (including phenoxy) is 3. The standard InChI is InChI=1S/C38H52F3NO6/c1-10-11-12-13-25-14-17-28(31(18-25)45-9)29-19-26-15-16-27(20-30(26)48-32(29)43)46-23-36(7,22-38(39,40)41)24-47-33(44)37(8,35(5,6)42)21-34(2,3)4/h14-20H,10-13,21-24,42H2,1-9H3. The molecule has 0 spiro atoms. The number of rotatable bonds is 15. The summed E-state index contributed by atoms with van der Waals surface area (Å²) in [5.74, 6) is 0.103. The van der Waals surface area contributed by atoms with E-state index in [-0.39, 0.29) is 16.7 Å². The van der Waals surface area contributed by atoms with Crippen molar-refractivity contribution in [2.75, 3.05) is 20.3 Å². The maximum Gasteiger partial charge on any atom is 0.389 e. The first-order chi connectivity index (χ1) is 22.1. The second kappa shape index (κ2) is 14.9. The van der Waals surface area contributed by atoms with Crippen molar-refractivity contribution in [3.63, 3.8) is 0 Å². The second-order valence-corrected chi connectivity index (χ2v) is 15.4. The van der Waals surface area contributed by atoms with Crippen molar-refractivity contribution in [3.05, 3.63) is 58.4 Å². The summed E-state index contributed by atoms with van der Waals surface area (Å²) in [6.07, 6.45) is -1.21. The first-order valence-electron chi connectivity index (χ1n) is 16.5. The van der Waals surface area contributed by atoms with Crippen LogP contribution >= 0.6 is 0 Å². The van der Waals surface area contributed by atoms with Gasteiger partial charge in [-0.3, -0.25) is 4.79 Å². The lowest BCUT2D eigenvalue weighted by Gasteiger charge is -2.43. The van der Waals surface area contributed by atoms with E-state index < -0.39 is 53.8 Å². The van der Waals surface area contributed by atoms with Crippen molar-refractivity contribution < 1.29 is 36.6 Å². The lowest BCUT2D eigenvalue weighted by Crippen LogP contribution is -2.56. The average Bonchev–Trinajstić information content (AvgIpc) is 2.96. The lowest BCUT2D eigenvalue weighted by molar-refractivity contribution is -0.182. The monoisotopic (exact) mass is 675 g/mol. The maximum atomic E-state index is 13.7. The zero-order chi connectivity index (χ0) is 36.1. The number of hydrogen-bond donors (Lipinski definition) is 1. The molecule has 0 saturated carbocycles. The summed E-state index contributed by atoms with van der Waals surface area (Å²) in [4.78, 5) is 26.5. The van der Waals surface area contributed by atoms with E-state index in [0.29, 0.717) is 28.7 Å². The molecule has 2 aromatic carbocycles. The molecule has 2 atom stereocenters. The van der Waals surface area contributed by atoms with E-state index in [4.69, 9.17) is 24.4 Å². The molecule has 7 nitrogen and oxygen atoms in total. The Morgan fingerprint density at radius 1 is 0.875 bits per heavy atom. The van der Waals surface area contributed by atoms with Gasteiger partial charge >= 0.3 is 17.8 Å². The van der Waals surface area contributed by atoms with E-state index in [9.17, 15) is 22.8 Å². The van der Waals surface area contributed by atoms with E-state index in [0.717, 1.165) is 31.2 Å². The number of alkyl halides is 3. The van der Waals surface area contributed by atoms with Gasteiger partial charge in [-0.05, 0) is 75.3 Å². The molecule has 0 radical (unpaired) electrons. The van der Waals surface area contributed by atoms with Gasteiger partial charge < -0.3 is 24.4 Å². The minimum Gasteiger partial charge on any atom is -0.496 e. The Balaban J connectivity index is 1.84. The quantitative estimate of drug-likeness (QED) is 0.0974. The largest absolute Gasteiger partial charge is 0.496 e. The predicted octanol–water partition coefficient (Wildman–Crippen LogP) is 9.26. The smallest absolute Gasteiger partial charge is 0.389 e. The van der Waals surface area contributed by atoms with Crippen molar-refractivity contribution in [1.82, 2.24) is 0 Å². The third kappa shape index (κ3) is 10.2. The molecule has 2 unspecified atom stereocenters. The van der Waals surface area contributed by atoms with Crippen molar-refractivity contribution in [3.8, 4) is 22.6 Å². The van der Waals surface area contributed by atoms with Gasteiger partial charge in [0.05, 0.1) is 31.1 Å². The molecule has 0 aliphatic rings. The number of hydrogen-bond acceptors (Lipinski definition) is 7. The number of esters is 1. The van der Waals surface area contributed by atoms with Gasteiger partial charge in [0.1, 0.15) is 23.7 Å². The highest BCUT2D eigenvalue weighted by atomic mass is 19.4. The second-order valence-electron chi connectivity index (χ2n) is 15.4. The molecule has 1 aromatic heterocycles. The molecule has 0 aliphatic heterocycles. The van der Waals surface area contributed by atoms with Crippen molar-refractivity contribution >= 4 is 16.9 Å². The van der Waals surface area contributed by atoms with E-state index in [1.165, 1.54) is 13.0 Å². The van der Waals surface area contributed by atoms with Crippen LogP contribution in [0.3, 0.4) is 0 Å². The molecule has 10 heteroatoms. The van der Waals surface area contributed by atoms with Gasteiger partial charge in [0.2, 0.25) is 0 Å². The Hall–Kier alpha value is -3.53. The number of carbonyl (C=O) groups excluding carboxylic acids is 1. The first kappa shape index (κ1) is 38.9. The number of benzene rings is 2. The Morgan fingerprint density at radius 2 is 1.56 bits per heavy atom. The van der Waals surface area contributed by atoms with Crippen molar-refractivity contribution in [1.29, 1.82) is 0 Å². The number of nitrogens with two attached hydrogens (primary N) is 1. The van der Waals surface area contributed by atoms with Gasteiger partial charge in [-0.25, -0.2) is 4.79 Å². The van der Waals surface area contributed by atoms with Crippen molar-refractivity contribution in [2.24, 2.45) is 22.0 Å². The van der Waals surface area contributed by atoms with Crippen LogP contribution in [-0.2, 0) is 16.0 Å². The zero-order valence-electron chi connectivity index (χ0n) is 29.9. The minimum absolute atomic E-state index is 0.202. The molecule has 48 heavy (non-hydrogen) atoms. The van der Waals surface area contributed by atoms with E-state index >= 15 is 0 Å². The Kier molecular flexibility index (Phi) is 12.1. The molecule has 1 heterocycles. The SMILES string of the molecule is CCCCCc1ccc(-c2cc3ccc(OCC(C)(COC(=O)C(C)(CC(C)(C)C)C(C)(C)N)CC(F)(F)F)cc3oc2=O)c(OC)c1. The van der Waals surface area contributed by atoms with Gasteiger partial charge in [-0.2, -0.15) is 13.2 Å². The molecule has 0 fully saturated rings. The Bertz CT molecular complexity index is 1620. The van der Waals surface area contributed by atoms with Gasteiger partial charge in [-0.15, -0.1) is 0 Å². The van der Waals surface area contributed by atoms with E-state index in [1.54, 1.807) is 46.1 Å². The van der Waals surface area contributed by atoms with Crippen LogP contribution in [0, 0.1) is 16.2 Å². The fraction of sp³-hybridized carbons (Fsp3) is 0.579.